The topological polar surface area (TPSA) is 76.1 Å². The lowest BCUT2D eigenvalue weighted by molar-refractivity contribution is -0.120. The highest BCUT2D eigenvalue weighted by molar-refractivity contribution is 8.01. The van der Waals surface area contributed by atoms with Gasteiger partial charge in [-0.25, -0.2) is 12.8 Å². The third-order valence-corrected chi connectivity index (χ3v) is 6.25. The van der Waals surface area contributed by atoms with Crippen molar-refractivity contribution in [2.24, 2.45) is 5.92 Å². The van der Waals surface area contributed by atoms with Gasteiger partial charge in [0, 0.05) is 16.5 Å². The van der Waals surface area contributed by atoms with E-state index in [0.29, 0.717) is 15.8 Å². The van der Waals surface area contributed by atoms with Crippen molar-refractivity contribution in [3.8, 4) is 0 Å². The van der Waals surface area contributed by atoms with Crippen molar-refractivity contribution in [3.63, 3.8) is 0 Å². The maximum Gasteiger partial charge on any atom is 0.249 e. The van der Waals surface area contributed by atoms with Crippen LogP contribution in [0.3, 0.4) is 0 Å². The first-order valence-electron chi connectivity index (χ1n) is 7.78. The Kier molecular flexibility index (Phi) is 5.73. The van der Waals surface area contributed by atoms with Crippen LogP contribution in [0.4, 0.5) is 4.39 Å². The molecule has 0 radical (unpaired) electrons. The van der Waals surface area contributed by atoms with Gasteiger partial charge in [-0.05, 0) is 44.0 Å². The van der Waals surface area contributed by atoms with Gasteiger partial charge in [0.05, 0.1) is 16.0 Å². The molecule has 0 aliphatic heterocycles. The first-order valence-corrected chi connectivity index (χ1v) is 10.3. The first kappa shape index (κ1) is 19.7. The van der Waals surface area contributed by atoms with Crippen LogP contribution in [0.2, 0.25) is 0 Å². The summed E-state index contributed by atoms with van der Waals surface area (Å²) in [6, 6.07) is 5.92. The van der Waals surface area contributed by atoms with Crippen LogP contribution >= 0.6 is 11.8 Å². The molecule has 8 heteroatoms. The maximum atomic E-state index is 13.6. The van der Waals surface area contributed by atoms with Crippen LogP contribution in [0.5, 0.6) is 0 Å². The fourth-order valence-corrected chi connectivity index (χ4v) is 4.91. The Morgan fingerprint density at radius 2 is 2.00 bits per heavy atom. The number of hydrogen-bond donors (Lipinski definition) is 1. The fraction of sp³-hybridized carbons (Fsp3) is 0.412. The molecule has 0 saturated heterocycles. The molecule has 0 aliphatic rings. The SMILES string of the molecule is CC(C)CS(=O)(=O)NC(=O)C(C)(C)Sc1ccnc2ccc(F)cc12. The molecule has 0 aliphatic carbocycles. The zero-order valence-corrected chi connectivity index (χ0v) is 16.2. The number of aromatic nitrogens is 1. The van der Waals surface area contributed by atoms with Gasteiger partial charge in [-0.1, -0.05) is 13.8 Å². The lowest BCUT2D eigenvalue weighted by atomic mass is 10.2. The maximum absolute atomic E-state index is 13.6. The molecule has 5 nitrogen and oxygen atoms in total. The second-order valence-electron chi connectivity index (χ2n) is 6.69. The lowest BCUT2D eigenvalue weighted by Crippen LogP contribution is -2.44. The number of nitrogens with one attached hydrogen (secondary N) is 1. The number of rotatable bonds is 6. The summed E-state index contributed by atoms with van der Waals surface area (Å²) in [6.45, 7) is 6.79. The van der Waals surface area contributed by atoms with E-state index in [-0.39, 0.29) is 11.7 Å². The van der Waals surface area contributed by atoms with Crippen LogP contribution in [-0.4, -0.2) is 29.8 Å². The molecule has 2 aromatic rings. The zero-order valence-electron chi connectivity index (χ0n) is 14.5. The standard InChI is InChI=1S/C17H21FN2O3S2/c1-11(2)10-25(22,23)20-16(21)17(3,4)24-15-7-8-19-14-6-5-12(18)9-13(14)15/h5-9,11H,10H2,1-4H3,(H,20,21). The summed E-state index contributed by atoms with van der Waals surface area (Å²) in [6.07, 6.45) is 1.58. The Balaban J connectivity index is 2.26. The number of carbonyl (C=O) groups excluding carboxylic acids is 1. The number of halogens is 1. The minimum Gasteiger partial charge on any atom is -0.272 e. The van der Waals surface area contributed by atoms with Crippen molar-refractivity contribution in [1.82, 2.24) is 9.71 Å². The summed E-state index contributed by atoms with van der Waals surface area (Å²) >= 11 is 1.17. The third kappa shape index (κ3) is 5.15. The molecule has 1 amide bonds. The van der Waals surface area contributed by atoms with Crippen LogP contribution in [0.1, 0.15) is 27.7 Å². The fourth-order valence-electron chi connectivity index (χ4n) is 2.25. The van der Waals surface area contributed by atoms with Crippen molar-refractivity contribution < 1.29 is 17.6 Å². The van der Waals surface area contributed by atoms with E-state index in [4.69, 9.17) is 0 Å². The normalized spacial score (nSPS) is 12.6. The zero-order chi connectivity index (χ0) is 18.8. The smallest absolute Gasteiger partial charge is 0.249 e. The molecule has 2 rings (SSSR count). The number of benzene rings is 1. The van der Waals surface area contributed by atoms with Gasteiger partial charge in [-0.15, -0.1) is 11.8 Å². The molecule has 0 unspecified atom stereocenters. The predicted molar refractivity (Wildman–Crippen MR) is 98.4 cm³/mol. The van der Waals surface area contributed by atoms with Crippen LogP contribution in [0.15, 0.2) is 35.4 Å². The summed E-state index contributed by atoms with van der Waals surface area (Å²) in [4.78, 5) is 17.3. The molecule has 1 aromatic carbocycles. The molecule has 1 heterocycles. The second kappa shape index (κ2) is 7.29. The van der Waals surface area contributed by atoms with Gasteiger partial charge >= 0.3 is 0 Å². The van der Waals surface area contributed by atoms with Gasteiger partial charge in [0.15, 0.2) is 0 Å². The van der Waals surface area contributed by atoms with E-state index in [1.54, 1.807) is 46.0 Å². The number of pyridine rings is 1. The van der Waals surface area contributed by atoms with Crippen molar-refractivity contribution >= 4 is 38.6 Å². The van der Waals surface area contributed by atoms with E-state index in [0.717, 1.165) is 0 Å². The second-order valence-corrected chi connectivity index (χ2v) is 10.1. The molecule has 136 valence electrons. The van der Waals surface area contributed by atoms with Crippen molar-refractivity contribution in [2.45, 2.75) is 37.3 Å². The number of sulfonamides is 1. The third-order valence-electron chi connectivity index (χ3n) is 3.38. The lowest BCUT2D eigenvalue weighted by Gasteiger charge is -2.23. The summed E-state index contributed by atoms with van der Waals surface area (Å²) in [7, 11) is -3.69. The molecule has 0 saturated carbocycles. The van der Waals surface area contributed by atoms with E-state index in [2.05, 4.69) is 9.71 Å². The monoisotopic (exact) mass is 384 g/mol. The van der Waals surface area contributed by atoms with Crippen LogP contribution in [0, 0.1) is 11.7 Å². The van der Waals surface area contributed by atoms with Gasteiger partial charge in [0.2, 0.25) is 15.9 Å². The quantitative estimate of drug-likeness (QED) is 0.773. The van der Waals surface area contributed by atoms with E-state index in [9.17, 15) is 17.6 Å². The largest absolute Gasteiger partial charge is 0.272 e. The number of carbonyl (C=O) groups is 1. The average molecular weight is 384 g/mol. The molecule has 0 spiro atoms. The number of nitrogens with zero attached hydrogens (tertiary/aromatic N) is 1. The van der Waals surface area contributed by atoms with Gasteiger partial charge in [0.1, 0.15) is 5.82 Å². The van der Waals surface area contributed by atoms with Gasteiger partial charge in [-0.3, -0.25) is 14.5 Å². The Bertz CT molecular complexity index is 896. The minimum absolute atomic E-state index is 0.0896. The van der Waals surface area contributed by atoms with E-state index < -0.39 is 26.5 Å². The molecule has 0 atom stereocenters. The predicted octanol–water partition coefficient (Wildman–Crippen LogP) is 3.35. The Hall–Kier alpha value is -1.67. The van der Waals surface area contributed by atoms with Crippen LogP contribution in [-0.2, 0) is 14.8 Å². The summed E-state index contributed by atoms with van der Waals surface area (Å²) in [5.74, 6) is -1.22. The highest BCUT2D eigenvalue weighted by Crippen LogP contribution is 2.36. The first-order chi connectivity index (χ1) is 11.5. The van der Waals surface area contributed by atoms with Crippen LogP contribution < -0.4 is 4.72 Å². The molecular formula is C17H21FN2O3S2. The highest BCUT2D eigenvalue weighted by Gasteiger charge is 2.32. The average Bonchev–Trinajstić information content (AvgIpc) is 2.45. The van der Waals surface area contributed by atoms with Crippen LogP contribution in [0.25, 0.3) is 10.9 Å². The van der Waals surface area contributed by atoms with Crippen molar-refractivity contribution in [2.75, 3.05) is 5.75 Å². The van der Waals surface area contributed by atoms with E-state index in [1.165, 1.54) is 23.9 Å². The number of hydrogen-bond acceptors (Lipinski definition) is 5. The van der Waals surface area contributed by atoms with Gasteiger partial charge < -0.3 is 0 Å². The molecular weight excluding hydrogens is 363 g/mol. The number of fused-ring (bicyclic) bond motifs is 1. The van der Waals surface area contributed by atoms with E-state index in [1.807, 2.05) is 0 Å². The molecule has 0 bridgehead atoms. The van der Waals surface area contributed by atoms with E-state index >= 15 is 0 Å². The molecule has 25 heavy (non-hydrogen) atoms. The highest BCUT2D eigenvalue weighted by atomic mass is 32.2. The van der Waals surface area contributed by atoms with Gasteiger partial charge in [-0.2, -0.15) is 0 Å². The Morgan fingerprint density at radius 1 is 1.32 bits per heavy atom. The summed E-state index contributed by atoms with van der Waals surface area (Å²) in [5.41, 5.74) is 0.607. The Labute approximate surface area is 151 Å². The number of amides is 1. The molecule has 1 N–H and O–H groups in total. The summed E-state index contributed by atoms with van der Waals surface area (Å²) < 4.78 is 38.6. The minimum atomic E-state index is -3.69. The molecule has 1 aromatic heterocycles. The molecule has 0 fully saturated rings. The number of thioether (sulfide) groups is 1. The van der Waals surface area contributed by atoms with Crippen molar-refractivity contribution in [3.05, 3.63) is 36.3 Å². The Morgan fingerprint density at radius 3 is 2.64 bits per heavy atom. The summed E-state index contributed by atoms with van der Waals surface area (Å²) in [5, 5.41) is 0.582. The van der Waals surface area contributed by atoms with Gasteiger partial charge in [0.25, 0.3) is 0 Å². The van der Waals surface area contributed by atoms with Crippen molar-refractivity contribution in [1.29, 1.82) is 0 Å².